The zero-order valence-corrected chi connectivity index (χ0v) is 12.4. The third kappa shape index (κ3) is 2.60. The molecule has 2 aromatic rings. The molecule has 4 nitrogen and oxygen atoms in total. The fourth-order valence-electron chi connectivity index (χ4n) is 2.01. The lowest BCUT2D eigenvalue weighted by Crippen LogP contribution is -2.32. The van der Waals surface area contributed by atoms with Gasteiger partial charge in [-0.2, -0.15) is 0 Å². The number of benzene rings is 1. The highest BCUT2D eigenvalue weighted by atomic mass is 35.5. The molecule has 5 heteroatoms. The molecule has 0 aliphatic heterocycles. The third-order valence-corrected chi connectivity index (χ3v) is 3.39. The summed E-state index contributed by atoms with van der Waals surface area (Å²) in [6.45, 7) is 9.71. The molecule has 0 radical (unpaired) electrons. The van der Waals surface area contributed by atoms with E-state index in [1.165, 1.54) is 12.1 Å². The fraction of sp³-hybridized carbons (Fsp3) is 0.200. The Labute approximate surface area is 122 Å². The van der Waals surface area contributed by atoms with Crippen LogP contribution in [0.25, 0.3) is 6.08 Å². The first-order valence-electron chi connectivity index (χ1n) is 6.11. The van der Waals surface area contributed by atoms with E-state index in [0.717, 1.165) is 22.3 Å². The van der Waals surface area contributed by atoms with Crippen molar-refractivity contribution in [3.8, 4) is 11.6 Å². The summed E-state index contributed by atoms with van der Waals surface area (Å²) < 4.78 is 5.74. The Hall–Kier alpha value is -2.07. The molecule has 1 aromatic carbocycles. The van der Waals surface area contributed by atoms with E-state index in [4.69, 9.17) is 16.3 Å². The molecule has 2 rings (SSSR count). The van der Waals surface area contributed by atoms with E-state index >= 15 is 0 Å². The molecular formula is C15H15ClN2O2. The third-order valence-electron chi connectivity index (χ3n) is 3.18. The number of ether oxygens (including phenoxy) is 1. The second-order valence-electron chi connectivity index (χ2n) is 4.55. The molecule has 1 aromatic heterocycles. The Bertz CT molecular complexity index is 684. The van der Waals surface area contributed by atoms with Crippen LogP contribution in [0.1, 0.15) is 22.3 Å². The summed E-state index contributed by atoms with van der Waals surface area (Å²) in [6, 6.07) is 5.06. The first-order chi connectivity index (χ1) is 9.43. The van der Waals surface area contributed by atoms with Crippen molar-refractivity contribution in [3.63, 3.8) is 0 Å². The first-order valence-corrected chi connectivity index (χ1v) is 6.49. The molecule has 104 valence electrons. The van der Waals surface area contributed by atoms with Crippen LogP contribution >= 0.6 is 11.6 Å². The van der Waals surface area contributed by atoms with Crippen LogP contribution in [0.4, 0.5) is 0 Å². The summed E-state index contributed by atoms with van der Waals surface area (Å²) >= 11 is 5.66. The van der Waals surface area contributed by atoms with E-state index in [9.17, 15) is 5.21 Å². The average Bonchev–Trinajstić information content (AvgIpc) is 2.38. The maximum absolute atomic E-state index is 11.7. The predicted octanol–water partition coefficient (Wildman–Crippen LogP) is 3.73. The van der Waals surface area contributed by atoms with E-state index in [1.54, 1.807) is 6.08 Å². The topological polar surface area (TPSA) is 49.1 Å². The van der Waals surface area contributed by atoms with Gasteiger partial charge in [0.2, 0.25) is 0 Å². The van der Waals surface area contributed by atoms with E-state index < -0.39 is 0 Å². The molecule has 20 heavy (non-hydrogen) atoms. The van der Waals surface area contributed by atoms with Crippen molar-refractivity contribution in [1.82, 2.24) is 5.10 Å². The minimum absolute atomic E-state index is 0.0746. The van der Waals surface area contributed by atoms with Crippen molar-refractivity contribution >= 4 is 17.7 Å². The number of hydrogen-bond donors (Lipinski definition) is 0. The smallest absolute Gasteiger partial charge is 0.411 e. The van der Waals surface area contributed by atoms with Gasteiger partial charge in [-0.05, 0) is 48.4 Å². The second kappa shape index (κ2) is 5.51. The van der Waals surface area contributed by atoms with Crippen molar-refractivity contribution < 1.29 is 9.58 Å². The Morgan fingerprint density at radius 2 is 2.00 bits per heavy atom. The highest BCUT2D eigenvalue weighted by molar-refractivity contribution is 6.29. The molecule has 0 amide bonds. The molecule has 1 heterocycles. The number of hydrogen-bond acceptors (Lipinski definition) is 3. The second-order valence-corrected chi connectivity index (χ2v) is 4.94. The van der Waals surface area contributed by atoms with Gasteiger partial charge in [0, 0.05) is 10.7 Å². The summed E-state index contributed by atoms with van der Waals surface area (Å²) in [4.78, 5) is 0.367. The average molecular weight is 291 g/mol. The largest absolute Gasteiger partial charge is 0.591 e. The minimum Gasteiger partial charge on any atom is -0.591 e. The molecule has 0 bridgehead atoms. The van der Waals surface area contributed by atoms with Gasteiger partial charge in [-0.3, -0.25) is 0 Å². The SMILES string of the molecule is C=Cc1c(C)cc(C)c(C)c1Oc1ccc(Cl)n[n+]1[O-]. The van der Waals surface area contributed by atoms with Crippen LogP contribution in [-0.4, -0.2) is 5.10 Å². The number of rotatable bonds is 3. The lowest BCUT2D eigenvalue weighted by atomic mass is 9.99. The van der Waals surface area contributed by atoms with Gasteiger partial charge < -0.3 is 9.94 Å². The number of nitrogens with zero attached hydrogens (tertiary/aromatic N) is 2. The van der Waals surface area contributed by atoms with Crippen LogP contribution in [0.5, 0.6) is 11.6 Å². The highest BCUT2D eigenvalue weighted by Crippen LogP contribution is 2.33. The monoisotopic (exact) mass is 290 g/mol. The molecule has 0 aliphatic carbocycles. The van der Waals surface area contributed by atoms with Crippen molar-refractivity contribution in [3.05, 3.63) is 57.4 Å². The van der Waals surface area contributed by atoms with Gasteiger partial charge in [0.25, 0.3) is 0 Å². The molecular weight excluding hydrogens is 276 g/mol. The van der Waals surface area contributed by atoms with Gasteiger partial charge in [0.15, 0.2) is 5.15 Å². The van der Waals surface area contributed by atoms with Crippen molar-refractivity contribution in [2.45, 2.75) is 20.8 Å². The van der Waals surface area contributed by atoms with Crippen molar-refractivity contribution in [2.75, 3.05) is 0 Å². The molecule has 0 fully saturated rings. The van der Waals surface area contributed by atoms with E-state index in [-0.39, 0.29) is 11.0 Å². The summed E-state index contributed by atoms with van der Waals surface area (Å²) in [5, 5.41) is 15.4. The number of aromatic nitrogens is 2. The molecule has 0 unspecified atom stereocenters. The summed E-state index contributed by atoms with van der Waals surface area (Å²) in [6.07, 6.45) is 1.72. The lowest BCUT2D eigenvalue weighted by Gasteiger charge is -2.14. The Morgan fingerprint density at radius 3 is 2.60 bits per heavy atom. The molecule has 0 atom stereocenters. The fourth-order valence-corrected chi connectivity index (χ4v) is 2.14. The quantitative estimate of drug-likeness (QED) is 0.639. The highest BCUT2D eigenvalue weighted by Gasteiger charge is 2.17. The van der Waals surface area contributed by atoms with Gasteiger partial charge in [0.05, 0.1) is 6.07 Å². The standard InChI is InChI=1S/C15H15ClN2O2/c1-5-12-10(3)8-9(2)11(4)15(12)20-14-7-6-13(16)17-18(14)19/h5-8H,1H2,2-4H3. The normalized spacial score (nSPS) is 10.4. The maximum Gasteiger partial charge on any atom is 0.411 e. The molecule has 0 spiro atoms. The Morgan fingerprint density at radius 1 is 1.30 bits per heavy atom. The Balaban J connectivity index is 2.55. The van der Waals surface area contributed by atoms with E-state index in [2.05, 4.69) is 17.7 Å². The van der Waals surface area contributed by atoms with Gasteiger partial charge in [0.1, 0.15) is 5.75 Å². The molecule has 0 aliphatic rings. The van der Waals surface area contributed by atoms with Crippen molar-refractivity contribution in [1.29, 1.82) is 0 Å². The van der Waals surface area contributed by atoms with Gasteiger partial charge in [-0.15, -0.1) is 0 Å². The van der Waals surface area contributed by atoms with E-state index in [1.807, 2.05) is 20.8 Å². The summed E-state index contributed by atoms with van der Waals surface area (Å²) in [7, 11) is 0. The van der Waals surface area contributed by atoms with Gasteiger partial charge in [-0.1, -0.05) is 30.3 Å². The maximum atomic E-state index is 11.7. The van der Waals surface area contributed by atoms with Gasteiger partial charge in [-0.25, -0.2) is 0 Å². The van der Waals surface area contributed by atoms with Crippen LogP contribution in [0.15, 0.2) is 24.8 Å². The van der Waals surface area contributed by atoms with Crippen LogP contribution < -0.4 is 9.58 Å². The van der Waals surface area contributed by atoms with Crippen LogP contribution in [0.3, 0.4) is 0 Å². The first kappa shape index (κ1) is 14.3. The summed E-state index contributed by atoms with van der Waals surface area (Å²) in [5.41, 5.74) is 3.95. The van der Waals surface area contributed by atoms with Crippen LogP contribution in [0, 0.1) is 26.0 Å². The Kier molecular flexibility index (Phi) is 3.95. The predicted molar refractivity (Wildman–Crippen MR) is 79.0 cm³/mol. The number of aryl methyl sites for hydroxylation is 2. The number of halogens is 1. The van der Waals surface area contributed by atoms with Crippen LogP contribution in [-0.2, 0) is 0 Å². The minimum atomic E-state index is 0.0746. The van der Waals surface area contributed by atoms with E-state index in [0.29, 0.717) is 10.6 Å². The molecule has 0 saturated carbocycles. The summed E-state index contributed by atoms with van der Waals surface area (Å²) in [5.74, 6) is 0.692. The van der Waals surface area contributed by atoms with Gasteiger partial charge >= 0.3 is 5.88 Å². The molecule has 0 N–H and O–H groups in total. The lowest BCUT2D eigenvalue weighted by molar-refractivity contribution is -0.673. The van der Waals surface area contributed by atoms with Crippen LogP contribution in [0.2, 0.25) is 5.15 Å². The van der Waals surface area contributed by atoms with Crippen molar-refractivity contribution in [2.24, 2.45) is 0 Å². The zero-order valence-electron chi connectivity index (χ0n) is 11.6. The molecule has 0 saturated heterocycles. The zero-order chi connectivity index (χ0) is 14.9.